The van der Waals surface area contributed by atoms with Crippen molar-refractivity contribution in [3.63, 3.8) is 0 Å². The number of para-hydroxylation sites is 1. The highest BCUT2D eigenvalue weighted by Gasteiger charge is 2.18. The molecule has 0 heterocycles. The third kappa shape index (κ3) is 5.98. The third-order valence-electron chi connectivity index (χ3n) is 4.55. The minimum absolute atomic E-state index is 0.321. The highest BCUT2D eigenvalue weighted by atomic mass is 16.5. The molecule has 2 rings (SSSR count). The molecule has 0 fully saturated rings. The van der Waals surface area contributed by atoms with Crippen LogP contribution in [0.2, 0.25) is 0 Å². The first kappa shape index (κ1) is 21.2. The number of nitrogens with one attached hydrogen (secondary N) is 1. The topological polar surface area (TPSA) is 64.6 Å². The van der Waals surface area contributed by atoms with Gasteiger partial charge in [-0.15, -0.1) is 0 Å². The van der Waals surface area contributed by atoms with E-state index < -0.39 is 12.1 Å². The van der Waals surface area contributed by atoms with Crippen molar-refractivity contribution >= 4 is 23.6 Å². The Balaban J connectivity index is 1.94. The second-order valence-corrected chi connectivity index (χ2v) is 6.57. The smallest absolute Gasteiger partial charge is 0.331 e. The quantitative estimate of drug-likeness (QED) is 0.527. The summed E-state index contributed by atoms with van der Waals surface area (Å²) in [5, 5.41) is 2.86. The van der Waals surface area contributed by atoms with Crippen LogP contribution in [0.4, 0.5) is 5.69 Å². The zero-order chi connectivity index (χ0) is 20.5. The molecule has 2 atom stereocenters. The number of anilines is 1. The van der Waals surface area contributed by atoms with Gasteiger partial charge in [0.05, 0.1) is 7.11 Å². The number of hydrogen-bond acceptors (Lipinski definition) is 4. The van der Waals surface area contributed by atoms with Crippen molar-refractivity contribution in [2.24, 2.45) is 0 Å². The predicted octanol–water partition coefficient (Wildman–Crippen LogP) is 4.79. The molecule has 0 bridgehead atoms. The number of esters is 1. The van der Waals surface area contributed by atoms with Crippen LogP contribution < -0.4 is 10.1 Å². The molecule has 1 amide bonds. The van der Waals surface area contributed by atoms with Crippen molar-refractivity contribution in [1.29, 1.82) is 0 Å². The van der Waals surface area contributed by atoms with Crippen LogP contribution in [0.25, 0.3) is 6.08 Å². The molecule has 0 saturated heterocycles. The van der Waals surface area contributed by atoms with E-state index in [1.165, 1.54) is 6.08 Å². The summed E-state index contributed by atoms with van der Waals surface area (Å²) in [4.78, 5) is 24.4. The summed E-state index contributed by atoms with van der Waals surface area (Å²) in [5.41, 5.74) is 2.65. The maximum absolute atomic E-state index is 12.4. The van der Waals surface area contributed by atoms with Gasteiger partial charge in [0.2, 0.25) is 0 Å². The van der Waals surface area contributed by atoms with E-state index >= 15 is 0 Å². The van der Waals surface area contributed by atoms with E-state index in [1.54, 1.807) is 32.2 Å². The van der Waals surface area contributed by atoms with Crippen LogP contribution >= 0.6 is 0 Å². The summed E-state index contributed by atoms with van der Waals surface area (Å²) in [6, 6.07) is 14.9. The highest BCUT2D eigenvalue weighted by Crippen LogP contribution is 2.26. The number of rotatable bonds is 8. The lowest BCUT2D eigenvalue weighted by molar-refractivity contribution is -0.148. The van der Waals surface area contributed by atoms with Gasteiger partial charge in [0.25, 0.3) is 5.91 Å². The molecule has 0 aliphatic heterocycles. The van der Waals surface area contributed by atoms with Gasteiger partial charge in [-0.05, 0) is 54.7 Å². The van der Waals surface area contributed by atoms with Gasteiger partial charge in [-0.1, -0.05) is 44.2 Å². The molecule has 5 heteroatoms. The van der Waals surface area contributed by atoms with Crippen molar-refractivity contribution in [3.05, 3.63) is 65.7 Å². The molecule has 1 N–H and O–H groups in total. The first-order valence-corrected chi connectivity index (χ1v) is 9.37. The monoisotopic (exact) mass is 381 g/mol. The van der Waals surface area contributed by atoms with Crippen molar-refractivity contribution < 1.29 is 19.1 Å². The molecular formula is C23H27NO4. The van der Waals surface area contributed by atoms with Crippen LogP contribution in [-0.4, -0.2) is 25.1 Å². The Morgan fingerprint density at radius 2 is 1.75 bits per heavy atom. The van der Waals surface area contributed by atoms with Gasteiger partial charge in [0.15, 0.2) is 6.10 Å². The molecule has 0 aliphatic rings. The Bertz CT molecular complexity index is 827. The van der Waals surface area contributed by atoms with Crippen molar-refractivity contribution in [1.82, 2.24) is 0 Å². The average molecular weight is 381 g/mol. The zero-order valence-corrected chi connectivity index (χ0v) is 16.8. The zero-order valence-electron chi connectivity index (χ0n) is 16.8. The minimum atomic E-state index is -0.905. The van der Waals surface area contributed by atoms with E-state index in [0.29, 0.717) is 5.92 Å². The second-order valence-electron chi connectivity index (χ2n) is 6.57. The highest BCUT2D eigenvalue weighted by molar-refractivity contribution is 5.97. The molecule has 0 radical (unpaired) electrons. The fourth-order valence-corrected chi connectivity index (χ4v) is 2.64. The van der Waals surface area contributed by atoms with Crippen molar-refractivity contribution in [3.8, 4) is 5.75 Å². The molecule has 0 unspecified atom stereocenters. The van der Waals surface area contributed by atoms with Gasteiger partial charge in [-0.3, -0.25) is 4.79 Å². The van der Waals surface area contributed by atoms with Crippen LogP contribution in [0.3, 0.4) is 0 Å². The molecule has 148 valence electrons. The van der Waals surface area contributed by atoms with Crippen molar-refractivity contribution in [2.75, 3.05) is 12.4 Å². The van der Waals surface area contributed by atoms with Gasteiger partial charge in [0, 0.05) is 11.8 Å². The van der Waals surface area contributed by atoms with Crippen LogP contribution in [0.1, 0.15) is 44.2 Å². The Kier molecular flexibility index (Phi) is 7.81. The molecule has 2 aromatic carbocycles. The predicted molar refractivity (Wildman–Crippen MR) is 111 cm³/mol. The fourth-order valence-electron chi connectivity index (χ4n) is 2.64. The lowest BCUT2D eigenvalue weighted by atomic mass is 9.97. The Labute approximate surface area is 166 Å². The molecule has 0 aromatic heterocycles. The molecule has 5 nitrogen and oxygen atoms in total. The van der Waals surface area contributed by atoms with Crippen LogP contribution in [0, 0.1) is 0 Å². The number of methoxy groups -OCH3 is 1. The standard InChI is InChI=1S/C23H27NO4/c1-5-16(2)20-8-6-7-9-21(20)24-23(26)17(3)28-22(25)15-12-18-10-13-19(27-4)14-11-18/h6-17H,5H2,1-4H3,(H,24,26)/b15-12+/t16-,17-/m0/s1. The lowest BCUT2D eigenvalue weighted by Crippen LogP contribution is -2.29. The lowest BCUT2D eigenvalue weighted by Gasteiger charge is -2.17. The van der Waals surface area contributed by atoms with Crippen LogP contribution in [0.15, 0.2) is 54.6 Å². The molecule has 0 saturated carbocycles. The third-order valence-corrected chi connectivity index (χ3v) is 4.55. The second kappa shape index (κ2) is 10.3. The number of ether oxygens (including phenoxy) is 2. The summed E-state index contributed by atoms with van der Waals surface area (Å²) < 4.78 is 10.3. The number of carbonyl (C=O) groups excluding carboxylic acids is 2. The van der Waals surface area contributed by atoms with Gasteiger partial charge in [-0.25, -0.2) is 4.79 Å². The molecular weight excluding hydrogens is 354 g/mol. The van der Waals surface area contributed by atoms with E-state index in [4.69, 9.17) is 9.47 Å². The maximum atomic E-state index is 12.4. The van der Waals surface area contributed by atoms with Gasteiger partial charge in [-0.2, -0.15) is 0 Å². The number of benzene rings is 2. The van der Waals surface area contributed by atoms with E-state index in [1.807, 2.05) is 36.4 Å². The largest absolute Gasteiger partial charge is 0.497 e. The SMILES string of the molecule is CC[C@H](C)c1ccccc1NC(=O)[C@H](C)OC(=O)/C=C/c1ccc(OC)cc1. The normalized spacial score (nSPS) is 13.0. The first-order valence-electron chi connectivity index (χ1n) is 9.37. The van der Waals surface area contributed by atoms with Crippen LogP contribution in [-0.2, 0) is 14.3 Å². The first-order chi connectivity index (χ1) is 13.4. The Morgan fingerprint density at radius 1 is 1.07 bits per heavy atom. The molecule has 0 aliphatic carbocycles. The summed E-state index contributed by atoms with van der Waals surface area (Å²) in [6.45, 7) is 5.77. The fraction of sp³-hybridized carbons (Fsp3) is 0.304. The Morgan fingerprint density at radius 3 is 2.39 bits per heavy atom. The summed E-state index contributed by atoms with van der Waals surface area (Å²) >= 11 is 0. The molecule has 2 aromatic rings. The van der Waals surface area contributed by atoms with Gasteiger partial charge < -0.3 is 14.8 Å². The summed E-state index contributed by atoms with van der Waals surface area (Å²) in [7, 11) is 1.59. The minimum Gasteiger partial charge on any atom is -0.497 e. The number of hydrogen-bond donors (Lipinski definition) is 1. The van der Waals surface area contributed by atoms with E-state index in [-0.39, 0.29) is 5.91 Å². The van der Waals surface area contributed by atoms with E-state index in [0.717, 1.165) is 29.0 Å². The maximum Gasteiger partial charge on any atom is 0.331 e. The van der Waals surface area contributed by atoms with Gasteiger partial charge >= 0.3 is 5.97 Å². The summed E-state index contributed by atoms with van der Waals surface area (Å²) in [6.07, 6.45) is 3.00. The number of carbonyl (C=O) groups is 2. The Hall–Kier alpha value is -3.08. The average Bonchev–Trinajstić information content (AvgIpc) is 2.72. The van der Waals surface area contributed by atoms with Crippen molar-refractivity contribution in [2.45, 2.75) is 39.2 Å². The van der Waals surface area contributed by atoms with Crippen LogP contribution in [0.5, 0.6) is 5.75 Å². The number of amides is 1. The van der Waals surface area contributed by atoms with Gasteiger partial charge in [0.1, 0.15) is 5.75 Å². The molecule has 0 spiro atoms. The van der Waals surface area contributed by atoms with E-state index in [2.05, 4.69) is 19.2 Å². The summed E-state index contributed by atoms with van der Waals surface area (Å²) in [5.74, 6) is 0.125. The van der Waals surface area contributed by atoms with E-state index in [9.17, 15) is 9.59 Å². The molecule has 28 heavy (non-hydrogen) atoms.